The van der Waals surface area contributed by atoms with Crippen LogP contribution in [0.25, 0.3) is 11.4 Å². The summed E-state index contributed by atoms with van der Waals surface area (Å²) in [5.74, 6) is 3.23. The number of hydrogen-bond acceptors (Lipinski definition) is 5. The summed E-state index contributed by atoms with van der Waals surface area (Å²) < 4.78 is 5.22. The molecule has 1 heterocycles. The zero-order valence-electron chi connectivity index (χ0n) is 15.4. The molecule has 0 amide bonds. The Hall–Kier alpha value is -3.08. The molecule has 0 saturated heterocycles. The lowest BCUT2D eigenvalue weighted by atomic mass is 10.2. The second-order valence-electron chi connectivity index (χ2n) is 5.83. The van der Waals surface area contributed by atoms with E-state index in [2.05, 4.69) is 24.1 Å². The molecule has 5 heteroatoms. The summed E-state index contributed by atoms with van der Waals surface area (Å²) >= 11 is 0. The van der Waals surface area contributed by atoms with Crippen molar-refractivity contribution >= 4 is 17.3 Å². The molecule has 26 heavy (non-hydrogen) atoms. The van der Waals surface area contributed by atoms with Crippen LogP contribution in [0, 0.1) is 0 Å². The highest BCUT2D eigenvalue weighted by Crippen LogP contribution is 2.25. The zero-order valence-corrected chi connectivity index (χ0v) is 15.4. The van der Waals surface area contributed by atoms with Gasteiger partial charge in [0.15, 0.2) is 5.82 Å². The summed E-state index contributed by atoms with van der Waals surface area (Å²) in [5, 5.41) is 3.38. The van der Waals surface area contributed by atoms with Crippen LogP contribution in [-0.2, 0) is 0 Å². The quantitative estimate of drug-likeness (QED) is 0.668. The summed E-state index contributed by atoms with van der Waals surface area (Å²) in [6.07, 6.45) is 0. The third-order valence-corrected chi connectivity index (χ3v) is 4.19. The largest absolute Gasteiger partial charge is 0.497 e. The number of anilines is 3. The minimum atomic E-state index is 0.714. The Bertz CT molecular complexity index is 830. The van der Waals surface area contributed by atoms with E-state index in [4.69, 9.17) is 14.7 Å². The molecule has 2 aromatic carbocycles. The van der Waals surface area contributed by atoms with E-state index < -0.39 is 0 Å². The normalized spacial score (nSPS) is 10.4. The molecule has 0 unspecified atom stereocenters. The molecular weight excluding hydrogens is 324 g/mol. The molecule has 134 valence electrons. The van der Waals surface area contributed by atoms with Gasteiger partial charge in [-0.2, -0.15) is 0 Å². The van der Waals surface area contributed by atoms with Crippen molar-refractivity contribution in [3.63, 3.8) is 0 Å². The lowest BCUT2D eigenvalue weighted by molar-refractivity contribution is 0.415. The number of hydrogen-bond donors (Lipinski definition) is 1. The fraction of sp³-hybridized carbons (Fsp3) is 0.238. The van der Waals surface area contributed by atoms with Gasteiger partial charge in [-0.05, 0) is 38.1 Å². The van der Waals surface area contributed by atoms with Gasteiger partial charge < -0.3 is 15.0 Å². The van der Waals surface area contributed by atoms with Crippen molar-refractivity contribution in [2.24, 2.45) is 0 Å². The predicted octanol–water partition coefficient (Wildman–Crippen LogP) is 4.74. The molecule has 3 rings (SSSR count). The molecule has 1 aromatic heterocycles. The molecular formula is C21H24N4O. The van der Waals surface area contributed by atoms with Crippen LogP contribution in [0.1, 0.15) is 13.8 Å². The average molecular weight is 348 g/mol. The number of rotatable bonds is 7. The van der Waals surface area contributed by atoms with E-state index in [-0.39, 0.29) is 0 Å². The molecule has 0 aliphatic heterocycles. The van der Waals surface area contributed by atoms with Crippen LogP contribution >= 0.6 is 0 Å². The number of nitrogens with one attached hydrogen (secondary N) is 1. The van der Waals surface area contributed by atoms with E-state index in [9.17, 15) is 0 Å². The number of benzene rings is 2. The third-order valence-electron chi connectivity index (χ3n) is 4.19. The Morgan fingerprint density at radius 3 is 2.23 bits per heavy atom. The monoisotopic (exact) mass is 348 g/mol. The van der Waals surface area contributed by atoms with Gasteiger partial charge in [-0.25, -0.2) is 9.97 Å². The Labute approximate surface area is 154 Å². The Morgan fingerprint density at radius 1 is 0.923 bits per heavy atom. The Morgan fingerprint density at radius 2 is 1.62 bits per heavy atom. The molecule has 0 radical (unpaired) electrons. The highest BCUT2D eigenvalue weighted by molar-refractivity contribution is 5.65. The zero-order chi connectivity index (χ0) is 18.4. The first-order valence-electron chi connectivity index (χ1n) is 8.84. The minimum Gasteiger partial charge on any atom is -0.497 e. The van der Waals surface area contributed by atoms with Gasteiger partial charge in [0.25, 0.3) is 0 Å². The summed E-state index contributed by atoms with van der Waals surface area (Å²) in [6.45, 7) is 6.04. The van der Waals surface area contributed by atoms with Crippen molar-refractivity contribution in [2.75, 3.05) is 30.4 Å². The average Bonchev–Trinajstić information content (AvgIpc) is 2.70. The van der Waals surface area contributed by atoms with E-state index in [1.807, 2.05) is 60.7 Å². The number of ether oxygens (including phenoxy) is 1. The van der Waals surface area contributed by atoms with Crippen LogP contribution in [-0.4, -0.2) is 30.2 Å². The maximum absolute atomic E-state index is 5.22. The van der Waals surface area contributed by atoms with Crippen LogP contribution in [0.3, 0.4) is 0 Å². The van der Waals surface area contributed by atoms with E-state index in [1.165, 1.54) is 0 Å². The first-order valence-corrected chi connectivity index (χ1v) is 8.84. The molecule has 0 fully saturated rings. The van der Waals surface area contributed by atoms with E-state index in [0.717, 1.165) is 41.7 Å². The smallest absolute Gasteiger partial charge is 0.163 e. The molecule has 5 nitrogen and oxygen atoms in total. The molecule has 0 bridgehead atoms. The van der Waals surface area contributed by atoms with Crippen molar-refractivity contribution in [1.82, 2.24) is 9.97 Å². The lowest BCUT2D eigenvalue weighted by Crippen LogP contribution is -2.23. The first kappa shape index (κ1) is 17.7. The summed E-state index contributed by atoms with van der Waals surface area (Å²) in [6, 6.07) is 19.8. The van der Waals surface area contributed by atoms with Crippen molar-refractivity contribution in [3.05, 3.63) is 60.7 Å². The number of nitrogens with zero attached hydrogens (tertiary/aromatic N) is 3. The van der Waals surface area contributed by atoms with Crippen LogP contribution in [0.5, 0.6) is 5.75 Å². The third kappa shape index (κ3) is 4.11. The van der Waals surface area contributed by atoms with Gasteiger partial charge in [0, 0.05) is 30.4 Å². The minimum absolute atomic E-state index is 0.714. The molecule has 1 N–H and O–H groups in total. The summed E-state index contributed by atoms with van der Waals surface area (Å²) in [7, 11) is 1.66. The van der Waals surface area contributed by atoms with Gasteiger partial charge in [0.2, 0.25) is 0 Å². The maximum atomic E-state index is 5.22. The van der Waals surface area contributed by atoms with Gasteiger partial charge in [-0.1, -0.05) is 30.3 Å². The van der Waals surface area contributed by atoms with Gasteiger partial charge in [0.1, 0.15) is 17.4 Å². The maximum Gasteiger partial charge on any atom is 0.163 e. The van der Waals surface area contributed by atoms with Crippen LogP contribution in [0.15, 0.2) is 60.7 Å². The van der Waals surface area contributed by atoms with Crippen molar-refractivity contribution < 1.29 is 4.74 Å². The fourth-order valence-corrected chi connectivity index (χ4v) is 2.75. The molecule has 0 aliphatic rings. The summed E-state index contributed by atoms with van der Waals surface area (Å²) in [5.41, 5.74) is 1.95. The second kappa shape index (κ2) is 8.34. The number of methoxy groups -OCH3 is 1. The van der Waals surface area contributed by atoms with Crippen LogP contribution in [0.4, 0.5) is 17.3 Å². The van der Waals surface area contributed by atoms with Gasteiger partial charge >= 0.3 is 0 Å². The fourth-order valence-electron chi connectivity index (χ4n) is 2.75. The molecule has 3 aromatic rings. The predicted molar refractivity (Wildman–Crippen MR) is 107 cm³/mol. The van der Waals surface area contributed by atoms with Crippen LogP contribution < -0.4 is 15.0 Å². The second-order valence-corrected chi connectivity index (χ2v) is 5.83. The van der Waals surface area contributed by atoms with E-state index in [0.29, 0.717) is 5.82 Å². The van der Waals surface area contributed by atoms with Gasteiger partial charge in [0.05, 0.1) is 7.11 Å². The first-order chi connectivity index (χ1) is 12.7. The summed E-state index contributed by atoms with van der Waals surface area (Å²) in [4.78, 5) is 11.7. The van der Waals surface area contributed by atoms with Gasteiger partial charge in [-0.15, -0.1) is 0 Å². The topological polar surface area (TPSA) is 50.3 Å². The molecule has 0 saturated carbocycles. The Kier molecular flexibility index (Phi) is 5.69. The molecule has 0 spiro atoms. The molecule has 0 atom stereocenters. The van der Waals surface area contributed by atoms with E-state index >= 15 is 0 Å². The van der Waals surface area contributed by atoms with Crippen molar-refractivity contribution in [3.8, 4) is 17.1 Å². The van der Waals surface area contributed by atoms with Crippen molar-refractivity contribution in [1.29, 1.82) is 0 Å². The molecule has 0 aliphatic carbocycles. The SMILES string of the molecule is CCN(CC)c1cc(Nc2ccc(OC)cc2)nc(-c2ccccc2)n1. The lowest BCUT2D eigenvalue weighted by Gasteiger charge is -2.21. The Balaban J connectivity index is 1.98. The van der Waals surface area contributed by atoms with Crippen molar-refractivity contribution in [2.45, 2.75) is 13.8 Å². The highest BCUT2D eigenvalue weighted by atomic mass is 16.5. The van der Waals surface area contributed by atoms with Crippen LogP contribution in [0.2, 0.25) is 0 Å². The van der Waals surface area contributed by atoms with Gasteiger partial charge in [-0.3, -0.25) is 0 Å². The standard InChI is InChI=1S/C21H24N4O/c1-4-25(5-2)20-15-19(22-17-11-13-18(26-3)14-12-17)23-21(24-20)16-9-7-6-8-10-16/h6-15H,4-5H2,1-3H3,(H,22,23,24). The number of aromatic nitrogens is 2. The van der Waals surface area contributed by atoms with E-state index in [1.54, 1.807) is 7.11 Å². The highest BCUT2D eigenvalue weighted by Gasteiger charge is 2.11.